The number of nitrogens with zero attached hydrogens (tertiary/aromatic N) is 2. The molecule has 0 unspecified atom stereocenters. The van der Waals surface area contributed by atoms with Crippen LogP contribution in [-0.4, -0.2) is 9.55 Å². The second kappa shape index (κ2) is 6.91. The molecule has 1 N–H and O–H groups in total. The molecule has 0 bridgehead atoms. The first-order valence-electron chi connectivity index (χ1n) is 8.23. The minimum atomic E-state index is -0.247. The van der Waals surface area contributed by atoms with Gasteiger partial charge in [0.15, 0.2) is 0 Å². The molecule has 0 amide bonds. The zero-order valence-electron chi connectivity index (χ0n) is 13.7. The summed E-state index contributed by atoms with van der Waals surface area (Å²) in [6.07, 6.45) is 7.38. The lowest BCUT2D eigenvalue weighted by Crippen LogP contribution is -2.20. The normalized spacial score (nSPS) is 13.6. The van der Waals surface area contributed by atoms with E-state index in [9.17, 15) is 4.39 Å². The predicted molar refractivity (Wildman–Crippen MR) is 94.4 cm³/mol. The van der Waals surface area contributed by atoms with Gasteiger partial charge in [0.05, 0.1) is 18.6 Å². The van der Waals surface area contributed by atoms with Crippen molar-refractivity contribution in [1.82, 2.24) is 15.0 Å². The van der Waals surface area contributed by atoms with Crippen LogP contribution in [0.1, 0.15) is 23.1 Å². The number of rotatable bonds is 5. The van der Waals surface area contributed by atoms with Crippen molar-refractivity contribution in [3.8, 4) is 0 Å². The molecule has 1 aliphatic carbocycles. The van der Waals surface area contributed by atoms with Gasteiger partial charge in [0.25, 0.3) is 0 Å². The Kier molecular flexibility index (Phi) is 4.31. The Labute approximate surface area is 145 Å². The van der Waals surface area contributed by atoms with Crippen LogP contribution in [0.4, 0.5) is 4.39 Å². The van der Waals surface area contributed by atoms with Gasteiger partial charge in [-0.25, -0.2) is 9.37 Å². The van der Waals surface area contributed by atoms with Gasteiger partial charge in [0.1, 0.15) is 5.82 Å². The molecule has 0 saturated carbocycles. The first kappa shape index (κ1) is 15.6. The van der Waals surface area contributed by atoms with Gasteiger partial charge in [-0.05, 0) is 36.1 Å². The van der Waals surface area contributed by atoms with E-state index in [1.807, 2.05) is 16.8 Å². The molecule has 5 heteroatoms. The predicted octanol–water partition coefficient (Wildman–Crippen LogP) is 4.02. The molecule has 1 aromatic heterocycles. The van der Waals surface area contributed by atoms with Crippen LogP contribution < -0.4 is 5.48 Å². The van der Waals surface area contributed by atoms with Gasteiger partial charge in [0, 0.05) is 23.7 Å². The fourth-order valence-corrected chi connectivity index (χ4v) is 3.08. The summed E-state index contributed by atoms with van der Waals surface area (Å²) in [4.78, 5) is 9.87. The van der Waals surface area contributed by atoms with Gasteiger partial charge in [-0.1, -0.05) is 36.4 Å². The molecular formula is C20H18FN3O. The summed E-state index contributed by atoms with van der Waals surface area (Å²) >= 11 is 0. The SMILES string of the molecule is Fc1ccc(CONC2=C(n3ccnc3)CCc3ccccc32)cc1. The third-order valence-electron chi connectivity index (χ3n) is 4.35. The fourth-order valence-electron chi connectivity index (χ4n) is 3.08. The summed E-state index contributed by atoms with van der Waals surface area (Å²) in [6.45, 7) is 0.350. The van der Waals surface area contributed by atoms with E-state index in [1.165, 1.54) is 17.7 Å². The molecule has 25 heavy (non-hydrogen) atoms. The van der Waals surface area contributed by atoms with Crippen molar-refractivity contribution in [3.63, 3.8) is 0 Å². The largest absolute Gasteiger partial charge is 0.308 e. The number of hydroxylamine groups is 1. The molecule has 126 valence electrons. The second-order valence-electron chi connectivity index (χ2n) is 5.97. The lowest BCUT2D eigenvalue weighted by Gasteiger charge is -2.24. The summed E-state index contributed by atoms with van der Waals surface area (Å²) in [5.41, 5.74) is 8.52. The molecule has 4 rings (SSSR count). The molecule has 1 heterocycles. The molecule has 0 spiro atoms. The summed E-state index contributed by atoms with van der Waals surface area (Å²) in [5, 5.41) is 0. The number of hydrogen-bond donors (Lipinski definition) is 1. The lowest BCUT2D eigenvalue weighted by atomic mass is 9.92. The lowest BCUT2D eigenvalue weighted by molar-refractivity contribution is 0.0644. The number of allylic oxidation sites excluding steroid dienone is 1. The van der Waals surface area contributed by atoms with Crippen LogP contribution in [0, 0.1) is 5.82 Å². The average Bonchev–Trinajstić information content (AvgIpc) is 3.18. The highest BCUT2D eigenvalue weighted by molar-refractivity contribution is 5.85. The van der Waals surface area contributed by atoms with E-state index in [4.69, 9.17) is 4.84 Å². The Hall–Kier alpha value is -2.92. The molecule has 0 fully saturated rings. The van der Waals surface area contributed by atoms with Crippen molar-refractivity contribution >= 4 is 11.4 Å². The molecule has 1 aliphatic rings. The Morgan fingerprint density at radius 1 is 1.08 bits per heavy atom. The average molecular weight is 335 g/mol. The Morgan fingerprint density at radius 3 is 2.72 bits per heavy atom. The first-order chi connectivity index (χ1) is 12.3. The minimum Gasteiger partial charge on any atom is -0.308 e. The highest BCUT2D eigenvalue weighted by atomic mass is 19.1. The Balaban J connectivity index is 1.59. The molecule has 0 aliphatic heterocycles. The maximum absolute atomic E-state index is 13.0. The number of benzene rings is 2. The first-order valence-corrected chi connectivity index (χ1v) is 8.23. The van der Waals surface area contributed by atoms with Crippen molar-refractivity contribution in [2.75, 3.05) is 0 Å². The van der Waals surface area contributed by atoms with Gasteiger partial charge < -0.3 is 4.57 Å². The maximum atomic E-state index is 13.0. The van der Waals surface area contributed by atoms with Crippen molar-refractivity contribution in [2.24, 2.45) is 0 Å². The highest BCUT2D eigenvalue weighted by Gasteiger charge is 2.20. The second-order valence-corrected chi connectivity index (χ2v) is 5.97. The van der Waals surface area contributed by atoms with Crippen LogP contribution in [-0.2, 0) is 17.9 Å². The van der Waals surface area contributed by atoms with Gasteiger partial charge in [-0.15, -0.1) is 0 Å². The minimum absolute atomic E-state index is 0.247. The molecule has 0 radical (unpaired) electrons. The van der Waals surface area contributed by atoms with E-state index in [0.29, 0.717) is 6.61 Å². The third-order valence-corrected chi connectivity index (χ3v) is 4.35. The zero-order valence-corrected chi connectivity index (χ0v) is 13.7. The molecule has 0 saturated heterocycles. The number of hydrogen-bond acceptors (Lipinski definition) is 3. The number of aryl methyl sites for hydroxylation is 1. The van der Waals surface area contributed by atoms with Crippen molar-refractivity contribution < 1.29 is 9.23 Å². The van der Waals surface area contributed by atoms with Crippen LogP contribution in [0.15, 0.2) is 67.3 Å². The highest BCUT2D eigenvalue weighted by Crippen LogP contribution is 2.32. The molecular weight excluding hydrogens is 317 g/mol. The summed E-state index contributed by atoms with van der Waals surface area (Å²) in [6, 6.07) is 14.6. The van der Waals surface area contributed by atoms with Crippen molar-refractivity contribution in [3.05, 3.63) is 89.8 Å². The van der Waals surface area contributed by atoms with E-state index < -0.39 is 0 Å². The van der Waals surface area contributed by atoms with E-state index >= 15 is 0 Å². The van der Waals surface area contributed by atoms with Gasteiger partial charge in [0.2, 0.25) is 0 Å². The zero-order chi connectivity index (χ0) is 17.1. The van der Waals surface area contributed by atoms with Crippen molar-refractivity contribution in [2.45, 2.75) is 19.4 Å². The van der Waals surface area contributed by atoms with Crippen LogP contribution in [0.25, 0.3) is 11.4 Å². The Morgan fingerprint density at radius 2 is 1.92 bits per heavy atom. The molecule has 4 nitrogen and oxygen atoms in total. The van der Waals surface area contributed by atoms with E-state index in [0.717, 1.165) is 35.4 Å². The smallest absolute Gasteiger partial charge is 0.123 e. The van der Waals surface area contributed by atoms with Gasteiger partial charge in [-0.2, -0.15) is 0 Å². The third kappa shape index (κ3) is 3.32. The molecule has 2 aromatic carbocycles. The van der Waals surface area contributed by atoms with Crippen molar-refractivity contribution in [1.29, 1.82) is 0 Å². The van der Waals surface area contributed by atoms with Gasteiger partial charge in [-0.3, -0.25) is 10.3 Å². The number of aromatic nitrogens is 2. The fraction of sp³-hybridized carbons (Fsp3) is 0.150. The monoisotopic (exact) mass is 335 g/mol. The molecule has 3 aromatic rings. The summed E-state index contributed by atoms with van der Waals surface area (Å²) in [5.74, 6) is -0.247. The van der Waals surface area contributed by atoms with E-state index in [2.05, 4.69) is 28.7 Å². The van der Waals surface area contributed by atoms with Crippen LogP contribution in [0.5, 0.6) is 0 Å². The quantitative estimate of drug-likeness (QED) is 0.716. The van der Waals surface area contributed by atoms with Crippen LogP contribution in [0.2, 0.25) is 0 Å². The van der Waals surface area contributed by atoms with E-state index in [-0.39, 0.29) is 5.82 Å². The van der Waals surface area contributed by atoms with E-state index in [1.54, 1.807) is 24.7 Å². The van der Waals surface area contributed by atoms with Crippen LogP contribution >= 0.6 is 0 Å². The topological polar surface area (TPSA) is 39.1 Å². The summed E-state index contributed by atoms with van der Waals surface area (Å²) in [7, 11) is 0. The number of nitrogens with one attached hydrogen (secondary N) is 1. The number of halogens is 1. The number of fused-ring (bicyclic) bond motifs is 1. The maximum Gasteiger partial charge on any atom is 0.123 e. The van der Waals surface area contributed by atoms with Gasteiger partial charge >= 0.3 is 0 Å². The summed E-state index contributed by atoms with van der Waals surface area (Å²) < 4.78 is 15.0. The molecule has 0 atom stereocenters. The Bertz CT molecular complexity index is 886. The van der Waals surface area contributed by atoms with Crippen LogP contribution in [0.3, 0.4) is 0 Å². The standard InChI is InChI=1S/C20H18FN3O/c21-17-8-5-15(6-9-17)13-25-23-20-18-4-2-1-3-16(18)7-10-19(20)24-12-11-22-14-24/h1-6,8-9,11-12,14,23H,7,10,13H2. The number of imidazole rings is 1.